The average Bonchev–Trinajstić information content (AvgIpc) is 3.01. The van der Waals surface area contributed by atoms with Gasteiger partial charge in [-0.3, -0.25) is 9.58 Å². The lowest BCUT2D eigenvalue weighted by atomic mass is 10.2. The summed E-state index contributed by atoms with van der Waals surface area (Å²) in [5.41, 5.74) is 2.22. The maximum absolute atomic E-state index is 9.62. The third-order valence-electron chi connectivity index (χ3n) is 3.60. The molecule has 0 fully saturated rings. The van der Waals surface area contributed by atoms with Crippen LogP contribution in [0, 0.1) is 6.92 Å². The number of thiophene rings is 1. The van der Waals surface area contributed by atoms with E-state index in [2.05, 4.69) is 40.5 Å². The van der Waals surface area contributed by atoms with Crippen molar-refractivity contribution in [3.63, 3.8) is 0 Å². The highest BCUT2D eigenvalue weighted by Gasteiger charge is 2.18. The topological polar surface area (TPSA) is 41.3 Å². The number of aliphatic hydroxyl groups excluding tert-OH is 1. The maximum atomic E-state index is 9.62. The number of aromatic nitrogens is 2. The van der Waals surface area contributed by atoms with Crippen molar-refractivity contribution in [2.75, 3.05) is 6.61 Å². The monoisotopic (exact) mass is 293 g/mol. The van der Waals surface area contributed by atoms with Gasteiger partial charge in [-0.15, -0.1) is 11.3 Å². The molecule has 20 heavy (non-hydrogen) atoms. The van der Waals surface area contributed by atoms with Gasteiger partial charge in [0.1, 0.15) is 0 Å². The largest absolute Gasteiger partial charge is 0.395 e. The van der Waals surface area contributed by atoms with Crippen molar-refractivity contribution in [3.05, 3.63) is 39.8 Å². The highest BCUT2D eigenvalue weighted by Crippen LogP contribution is 2.18. The second-order valence-electron chi connectivity index (χ2n) is 5.13. The van der Waals surface area contributed by atoms with E-state index >= 15 is 0 Å². The van der Waals surface area contributed by atoms with Gasteiger partial charge in [-0.2, -0.15) is 5.10 Å². The summed E-state index contributed by atoms with van der Waals surface area (Å²) in [7, 11) is 1.98. The molecule has 0 radical (unpaired) electrons. The maximum Gasteiger partial charge on any atom is 0.0597 e. The van der Waals surface area contributed by atoms with E-state index in [1.807, 2.05) is 18.7 Å². The Bertz CT molecular complexity index is 517. The fraction of sp³-hybridized carbons (Fsp3) is 0.533. The molecule has 0 aliphatic carbocycles. The Balaban J connectivity index is 2.15. The van der Waals surface area contributed by atoms with Gasteiger partial charge in [-0.05, 0) is 30.9 Å². The quantitative estimate of drug-likeness (QED) is 0.853. The van der Waals surface area contributed by atoms with Crippen LogP contribution in [0.25, 0.3) is 0 Å². The first-order valence-corrected chi connectivity index (χ1v) is 7.88. The Morgan fingerprint density at radius 3 is 2.75 bits per heavy atom. The molecule has 0 saturated heterocycles. The molecular weight excluding hydrogens is 270 g/mol. The van der Waals surface area contributed by atoms with E-state index in [1.54, 1.807) is 11.3 Å². The summed E-state index contributed by atoms with van der Waals surface area (Å²) in [6, 6.07) is 6.53. The summed E-state index contributed by atoms with van der Waals surface area (Å²) in [6.45, 7) is 6.02. The number of rotatable bonds is 7. The van der Waals surface area contributed by atoms with Crippen LogP contribution < -0.4 is 0 Å². The summed E-state index contributed by atoms with van der Waals surface area (Å²) in [5.74, 6) is 0. The molecule has 110 valence electrons. The highest BCUT2D eigenvalue weighted by atomic mass is 32.1. The molecule has 0 aliphatic heterocycles. The van der Waals surface area contributed by atoms with Gasteiger partial charge in [0.25, 0.3) is 0 Å². The smallest absolute Gasteiger partial charge is 0.0597 e. The van der Waals surface area contributed by atoms with Crippen LogP contribution in [0.5, 0.6) is 0 Å². The van der Waals surface area contributed by atoms with Crippen molar-refractivity contribution in [2.45, 2.75) is 39.4 Å². The van der Waals surface area contributed by atoms with Crippen LogP contribution in [0.4, 0.5) is 0 Å². The van der Waals surface area contributed by atoms with E-state index in [0.29, 0.717) is 0 Å². The van der Waals surface area contributed by atoms with Crippen LogP contribution in [0.3, 0.4) is 0 Å². The summed E-state index contributed by atoms with van der Waals surface area (Å²) in [6.07, 6.45) is 0.943. The predicted octanol–water partition coefficient (Wildman–Crippen LogP) is 2.56. The average molecular weight is 293 g/mol. The minimum absolute atomic E-state index is 0.187. The summed E-state index contributed by atoms with van der Waals surface area (Å²) >= 11 is 1.76. The first-order chi connectivity index (χ1) is 9.63. The molecule has 2 aromatic rings. The van der Waals surface area contributed by atoms with Crippen molar-refractivity contribution < 1.29 is 5.11 Å². The lowest BCUT2D eigenvalue weighted by Crippen LogP contribution is -2.36. The lowest BCUT2D eigenvalue weighted by molar-refractivity contribution is 0.105. The molecule has 0 spiro atoms. The SMILES string of the molecule is CC[C@@H](CO)N(Cc1cccs1)Cc1cc(C)nn1C. The normalized spacial score (nSPS) is 13.1. The van der Waals surface area contributed by atoms with Crippen LogP contribution >= 0.6 is 11.3 Å². The molecule has 0 unspecified atom stereocenters. The number of hydrogen-bond donors (Lipinski definition) is 1. The van der Waals surface area contributed by atoms with Gasteiger partial charge in [0.2, 0.25) is 0 Å². The lowest BCUT2D eigenvalue weighted by Gasteiger charge is -2.29. The fourth-order valence-corrected chi connectivity index (χ4v) is 3.17. The summed E-state index contributed by atoms with van der Waals surface area (Å²) < 4.78 is 1.93. The van der Waals surface area contributed by atoms with Crippen molar-refractivity contribution in [3.8, 4) is 0 Å². The molecule has 2 aromatic heterocycles. The predicted molar refractivity (Wildman–Crippen MR) is 82.7 cm³/mol. The minimum Gasteiger partial charge on any atom is -0.395 e. The molecule has 0 bridgehead atoms. The van der Waals surface area contributed by atoms with E-state index in [9.17, 15) is 5.11 Å². The van der Waals surface area contributed by atoms with E-state index in [-0.39, 0.29) is 12.6 Å². The van der Waals surface area contributed by atoms with Gasteiger partial charge in [-0.25, -0.2) is 0 Å². The van der Waals surface area contributed by atoms with Crippen LogP contribution in [0.2, 0.25) is 0 Å². The minimum atomic E-state index is 0.187. The molecule has 1 N–H and O–H groups in total. The van der Waals surface area contributed by atoms with Crippen LogP contribution in [0.15, 0.2) is 23.6 Å². The van der Waals surface area contributed by atoms with Crippen LogP contribution in [0.1, 0.15) is 29.6 Å². The number of nitrogens with zero attached hydrogens (tertiary/aromatic N) is 3. The third kappa shape index (κ3) is 3.69. The highest BCUT2D eigenvalue weighted by molar-refractivity contribution is 7.09. The number of aryl methyl sites for hydroxylation is 2. The zero-order valence-corrected chi connectivity index (χ0v) is 13.2. The number of hydrogen-bond acceptors (Lipinski definition) is 4. The molecular formula is C15H23N3OS. The van der Waals surface area contributed by atoms with E-state index in [1.165, 1.54) is 10.6 Å². The Kier molecular flexibility index (Phi) is 5.34. The molecule has 0 amide bonds. The molecule has 2 heterocycles. The Morgan fingerprint density at radius 1 is 1.45 bits per heavy atom. The van der Waals surface area contributed by atoms with Gasteiger partial charge in [0, 0.05) is 31.1 Å². The van der Waals surface area contributed by atoms with Crippen LogP contribution in [-0.2, 0) is 20.1 Å². The first kappa shape index (κ1) is 15.2. The third-order valence-corrected chi connectivity index (χ3v) is 4.46. The molecule has 0 saturated carbocycles. The Hall–Kier alpha value is -1.17. The second-order valence-corrected chi connectivity index (χ2v) is 6.16. The van der Waals surface area contributed by atoms with E-state index in [0.717, 1.165) is 25.2 Å². The number of aliphatic hydroxyl groups is 1. The summed E-state index contributed by atoms with van der Waals surface area (Å²) in [5, 5.41) is 16.1. The molecule has 0 aromatic carbocycles. The zero-order chi connectivity index (χ0) is 14.5. The fourth-order valence-electron chi connectivity index (χ4n) is 2.44. The van der Waals surface area contributed by atoms with Crippen LogP contribution in [-0.4, -0.2) is 32.4 Å². The van der Waals surface area contributed by atoms with Crippen molar-refractivity contribution >= 4 is 11.3 Å². The molecule has 4 nitrogen and oxygen atoms in total. The molecule has 5 heteroatoms. The van der Waals surface area contributed by atoms with Gasteiger partial charge in [0.05, 0.1) is 18.0 Å². The Morgan fingerprint density at radius 2 is 2.25 bits per heavy atom. The standard InChI is InChI=1S/C15H23N3OS/c1-4-13(11-19)18(10-15-6-5-7-20-15)9-14-8-12(2)16-17(14)3/h5-8,13,19H,4,9-11H2,1-3H3/t13-/m0/s1. The van der Waals surface area contributed by atoms with Crippen molar-refractivity contribution in [2.24, 2.45) is 7.05 Å². The summed E-state index contributed by atoms with van der Waals surface area (Å²) in [4.78, 5) is 3.67. The zero-order valence-electron chi connectivity index (χ0n) is 12.4. The van der Waals surface area contributed by atoms with Crippen molar-refractivity contribution in [1.29, 1.82) is 0 Å². The molecule has 2 rings (SSSR count). The van der Waals surface area contributed by atoms with Gasteiger partial charge in [0.15, 0.2) is 0 Å². The Labute approximate surface area is 124 Å². The molecule has 1 atom stereocenters. The molecule has 0 aliphatic rings. The second kappa shape index (κ2) is 7.02. The van der Waals surface area contributed by atoms with Gasteiger partial charge in [-0.1, -0.05) is 13.0 Å². The van der Waals surface area contributed by atoms with Gasteiger partial charge >= 0.3 is 0 Å². The van der Waals surface area contributed by atoms with Crippen molar-refractivity contribution in [1.82, 2.24) is 14.7 Å². The van der Waals surface area contributed by atoms with E-state index < -0.39 is 0 Å². The van der Waals surface area contributed by atoms with Gasteiger partial charge < -0.3 is 5.11 Å². The van der Waals surface area contributed by atoms with E-state index in [4.69, 9.17) is 0 Å². The first-order valence-electron chi connectivity index (χ1n) is 7.00.